The van der Waals surface area contributed by atoms with Gasteiger partial charge in [-0.2, -0.15) is 0 Å². The lowest BCUT2D eigenvalue weighted by Crippen LogP contribution is -2.48. The number of carbonyl (C=O) groups excluding carboxylic acids is 1. The molecule has 1 aliphatic heterocycles. The lowest BCUT2D eigenvalue weighted by molar-refractivity contribution is 0.0657. The summed E-state index contributed by atoms with van der Waals surface area (Å²) in [5.74, 6) is 0.135. The van der Waals surface area contributed by atoms with Crippen molar-refractivity contribution in [3.8, 4) is 0 Å². The van der Waals surface area contributed by atoms with Crippen molar-refractivity contribution in [1.82, 2.24) is 14.9 Å². The number of piperidine rings is 1. The second-order valence-corrected chi connectivity index (χ2v) is 4.48. The van der Waals surface area contributed by atoms with Crippen LogP contribution in [0.4, 0.5) is 0 Å². The van der Waals surface area contributed by atoms with Crippen molar-refractivity contribution in [3.05, 3.63) is 28.4 Å². The molecule has 6 heteroatoms. The number of aromatic nitrogens is 2. The Morgan fingerprint density at radius 2 is 2.41 bits per heavy atom. The Kier molecular flexibility index (Phi) is 3.23. The topological polar surface area (TPSA) is 92.1 Å². The number of hydrogen-bond donors (Lipinski definition) is 2. The Labute approximate surface area is 98.8 Å². The van der Waals surface area contributed by atoms with Gasteiger partial charge in [0.05, 0.1) is 6.20 Å². The van der Waals surface area contributed by atoms with Crippen LogP contribution in [0.5, 0.6) is 0 Å². The molecule has 1 saturated heterocycles. The molecule has 3 N–H and O–H groups in total. The summed E-state index contributed by atoms with van der Waals surface area (Å²) in [6, 6.07) is 0.155. The number of aromatic amines is 1. The highest BCUT2D eigenvalue weighted by atomic mass is 16.2. The van der Waals surface area contributed by atoms with E-state index in [1.165, 1.54) is 6.20 Å². The highest BCUT2D eigenvalue weighted by molar-refractivity contribution is 5.92. The van der Waals surface area contributed by atoms with E-state index >= 15 is 0 Å². The fourth-order valence-corrected chi connectivity index (χ4v) is 1.97. The van der Waals surface area contributed by atoms with E-state index in [4.69, 9.17) is 5.73 Å². The van der Waals surface area contributed by atoms with Gasteiger partial charge in [-0.1, -0.05) is 6.92 Å². The van der Waals surface area contributed by atoms with Gasteiger partial charge in [-0.05, 0) is 12.3 Å². The Morgan fingerprint density at radius 1 is 1.65 bits per heavy atom. The van der Waals surface area contributed by atoms with Crippen molar-refractivity contribution in [2.75, 3.05) is 13.1 Å². The molecule has 0 bridgehead atoms. The van der Waals surface area contributed by atoms with Crippen molar-refractivity contribution in [1.29, 1.82) is 0 Å². The zero-order valence-corrected chi connectivity index (χ0v) is 9.72. The predicted octanol–water partition coefficient (Wildman–Crippen LogP) is -0.421. The standard InChI is InChI=1S/C11H16N4O2/c1-7-6-15(3-2-8(7)12)11(17)9-4-14-10(16)5-13-9/h4-5,7-8H,2-3,6,12H2,1H3,(H,14,16). The Morgan fingerprint density at radius 3 is 3.00 bits per heavy atom. The molecule has 0 radical (unpaired) electrons. The van der Waals surface area contributed by atoms with Gasteiger partial charge < -0.3 is 15.6 Å². The van der Waals surface area contributed by atoms with E-state index in [0.717, 1.165) is 12.6 Å². The summed E-state index contributed by atoms with van der Waals surface area (Å²) < 4.78 is 0. The van der Waals surface area contributed by atoms with E-state index in [2.05, 4.69) is 9.97 Å². The minimum atomic E-state index is -0.310. The third-order valence-corrected chi connectivity index (χ3v) is 3.15. The molecule has 1 amide bonds. The minimum Gasteiger partial charge on any atom is -0.337 e. The summed E-state index contributed by atoms with van der Waals surface area (Å²) in [5, 5.41) is 0. The average molecular weight is 236 g/mol. The van der Waals surface area contributed by atoms with E-state index in [-0.39, 0.29) is 29.1 Å². The first-order valence-electron chi connectivity index (χ1n) is 5.67. The Balaban J connectivity index is 2.10. The molecule has 2 rings (SSSR count). The number of amides is 1. The number of nitrogens with one attached hydrogen (secondary N) is 1. The molecule has 2 unspecified atom stereocenters. The molecule has 6 nitrogen and oxygen atoms in total. The summed E-state index contributed by atoms with van der Waals surface area (Å²) in [6.07, 6.45) is 3.27. The molecule has 1 aliphatic rings. The van der Waals surface area contributed by atoms with Crippen LogP contribution in [0.15, 0.2) is 17.2 Å². The van der Waals surface area contributed by atoms with Crippen molar-refractivity contribution < 1.29 is 4.79 Å². The number of nitrogens with two attached hydrogens (primary N) is 1. The molecular weight excluding hydrogens is 220 g/mol. The van der Waals surface area contributed by atoms with E-state index in [9.17, 15) is 9.59 Å². The average Bonchev–Trinajstić information content (AvgIpc) is 2.33. The van der Waals surface area contributed by atoms with Crippen LogP contribution in [0.25, 0.3) is 0 Å². The number of rotatable bonds is 1. The van der Waals surface area contributed by atoms with Crippen molar-refractivity contribution in [3.63, 3.8) is 0 Å². The molecule has 1 aromatic rings. The highest BCUT2D eigenvalue weighted by Gasteiger charge is 2.27. The SMILES string of the molecule is CC1CN(C(=O)c2c[nH]c(=O)cn2)CCC1N. The summed E-state index contributed by atoms with van der Waals surface area (Å²) in [5.41, 5.74) is 5.86. The molecule has 0 aromatic carbocycles. The normalized spacial score (nSPS) is 24.7. The maximum absolute atomic E-state index is 12.1. The number of carbonyl (C=O) groups is 1. The molecule has 0 aliphatic carbocycles. The fourth-order valence-electron chi connectivity index (χ4n) is 1.97. The maximum atomic E-state index is 12.1. The van der Waals surface area contributed by atoms with E-state index in [0.29, 0.717) is 13.1 Å². The minimum absolute atomic E-state index is 0.153. The molecular formula is C11H16N4O2. The number of hydrogen-bond acceptors (Lipinski definition) is 4. The van der Waals surface area contributed by atoms with E-state index in [1.807, 2.05) is 6.92 Å². The van der Waals surface area contributed by atoms with Gasteiger partial charge in [0.25, 0.3) is 11.5 Å². The lowest BCUT2D eigenvalue weighted by atomic mass is 9.95. The van der Waals surface area contributed by atoms with E-state index < -0.39 is 0 Å². The van der Waals surface area contributed by atoms with Crippen LogP contribution < -0.4 is 11.3 Å². The van der Waals surface area contributed by atoms with Gasteiger partial charge in [0, 0.05) is 25.3 Å². The van der Waals surface area contributed by atoms with Gasteiger partial charge >= 0.3 is 0 Å². The monoisotopic (exact) mass is 236 g/mol. The summed E-state index contributed by atoms with van der Waals surface area (Å²) >= 11 is 0. The smallest absolute Gasteiger partial charge is 0.273 e. The summed E-state index contributed by atoms with van der Waals surface area (Å²) in [4.78, 5) is 30.9. The van der Waals surface area contributed by atoms with Crippen LogP contribution in [0.3, 0.4) is 0 Å². The zero-order chi connectivity index (χ0) is 12.4. The zero-order valence-electron chi connectivity index (χ0n) is 9.72. The van der Waals surface area contributed by atoms with Crippen LogP contribution in [-0.4, -0.2) is 39.9 Å². The number of H-pyrrole nitrogens is 1. The Hall–Kier alpha value is -1.69. The van der Waals surface area contributed by atoms with Crippen molar-refractivity contribution >= 4 is 5.91 Å². The van der Waals surface area contributed by atoms with Gasteiger partial charge in [0.15, 0.2) is 0 Å². The first-order valence-corrected chi connectivity index (χ1v) is 5.67. The van der Waals surface area contributed by atoms with Gasteiger partial charge in [-0.15, -0.1) is 0 Å². The number of likely N-dealkylation sites (tertiary alicyclic amines) is 1. The number of nitrogens with zero attached hydrogens (tertiary/aromatic N) is 2. The second-order valence-electron chi connectivity index (χ2n) is 4.48. The first kappa shape index (κ1) is 11.8. The van der Waals surface area contributed by atoms with Crippen LogP contribution in [-0.2, 0) is 0 Å². The van der Waals surface area contributed by atoms with Crippen molar-refractivity contribution in [2.45, 2.75) is 19.4 Å². The van der Waals surface area contributed by atoms with Gasteiger partial charge in [-0.3, -0.25) is 9.59 Å². The third kappa shape index (κ3) is 2.52. The molecule has 0 saturated carbocycles. The van der Waals surface area contributed by atoms with Crippen molar-refractivity contribution in [2.24, 2.45) is 11.7 Å². The highest BCUT2D eigenvalue weighted by Crippen LogP contribution is 2.16. The lowest BCUT2D eigenvalue weighted by Gasteiger charge is -2.34. The predicted molar refractivity (Wildman–Crippen MR) is 62.5 cm³/mol. The second kappa shape index (κ2) is 4.67. The molecule has 0 spiro atoms. The van der Waals surface area contributed by atoms with Crippen LogP contribution in [0, 0.1) is 5.92 Å². The van der Waals surface area contributed by atoms with Gasteiger partial charge in [0.2, 0.25) is 0 Å². The molecule has 2 heterocycles. The van der Waals surface area contributed by atoms with Crippen LogP contribution >= 0.6 is 0 Å². The molecule has 1 aromatic heterocycles. The van der Waals surface area contributed by atoms with Gasteiger partial charge in [-0.25, -0.2) is 4.98 Å². The molecule has 17 heavy (non-hydrogen) atoms. The molecule has 1 fully saturated rings. The quantitative estimate of drug-likeness (QED) is 0.692. The molecule has 92 valence electrons. The summed E-state index contributed by atoms with van der Waals surface area (Å²) in [7, 11) is 0. The third-order valence-electron chi connectivity index (χ3n) is 3.15. The fraction of sp³-hybridized carbons (Fsp3) is 0.545. The molecule has 2 atom stereocenters. The Bertz CT molecular complexity index is 450. The largest absolute Gasteiger partial charge is 0.337 e. The van der Waals surface area contributed by atoms with Crippen LogP contribution in [0.1, 0.15) is 23.8 Å². The van der Waals surface area contributed by atoms with Gasteiger partial charge in [0.1, 0.15) is 5.69 Å². The maximum Gasteiger partial charge on any atom is 0.273 e. The van der Waals surface area contributed by atoms with E-state index in [1.54, 1.807) is 4.90 Å². The summed E-state index contributed by atoms with van der Waals surface area (Å²) in [6.45, 7) is 3.32. The first-order chi connectivity index (χ1) is 8.08. The van der Waals surface area contributed by atoms with Crippen LogP contribution in [0.2, 0.25) is 0 Å².